The van der Waals surface area contributed by atoms with E-state index < -0.39 is 0 Å². The normalized spacial score (nSPS) is 22.9. The van der Waals surface area contributed by atoms with Gasteiger partial charge in [0.2, 0.25) is 0 Å². The lowest BCUT2D eigenvalue weighted by Crippen LogP contribution is -2.38. The Morgan fingerprint density at radius 2 is 2.39 bits per heavy atom. The van der Waals surface area contributed by atoms with E-state index in [0.29, 0.717) is 5.92 Å². The molecule has 1 fully saturated rings. The Morgan fingerprint density at radius 3 is 3.06 bits per heavy atom. The Bertz CT molecular complexity index is 366. The predicted molar refractivity (Wildman–Crippen MR) is 70.8 cm³/mol. The van der Waals surface area contributed by atoms with Crippen LogP contribution in [0, 0.1) is 11.7 Å². The minimum absolute atomic E-state index is 0.179. The van der Waals surface area contributed by atoms with Crippen molar-refractivity contribution >= 4 is 0 Å². The van der Waals surface area contributed by atoms with Crippen molar-refractivity contribution in [2.75, 3.05) is 26.7 Å². The van der Waals surface area contributed by atoms with E-state index in [2.05, 4.69) is 29.2 Å². The first-order valence-electron chi connectivity index (χ1n) is 6.68. The molecule has 0 radical (unpaired) electrons. The molecule has 1 aliphatic heterocycles. The quantitative estimate of drug-likeness (QED) is 0.889. The van der Waals surface area contributed by atoms with Gasteiger partial charge in [-0.3, -0.25) is 4.98 Å². The number of piperidine rings is 1. The molecule has 3 nitrogen and oxygen atoms in total. The van der Waals surface area contributed by atoms with E-state index in [1.165, 1.54) is 31.6 Å². The van der Waals surface area contributed by atoms with Crippen LogP contribution in [0.15, 0.2) is 18.3 Å². The van der Waals surface area contributed by atoms with Crippen molar-refractivity contribution in [1.29, 1.82) is 0 Å². The summed E-state index contributed by atoms with van der Waals surface area (Å²) in [7, 11) is 2.18. The van der Waals surface area contributed by atoms with E-state index in [9.17, 15) is 4.39 Å². The molecule has 2 atom stereocenters. The second-order valence-electron chi connectivity index (χ2n) is 5.30. The Kier molecular flexibility index (Phi) is 4.66. The molecule has 0 saturated carbocycles. The number of likely N-dealkylation sites (tertiary alicyclic amines) is 1. The van der Waals surface area contributed by atoms with Crippen molar-refractivity contribution in [2.45, 2.75) is 25.8 Å². The zero-order valence-electron chi connectivity index (χ0n) is 11.2. The van der Waals surface area contributed by atoms with E-state index in [0.717, 1.165) is 18.8 Å². The number of aromatic nitrogens is 1. The summed E-state index contributed by atoms with van der Waals surface area (Å²) in [5.74, 6) is 0.437. The van der Waals surface area contributed by atoms with E-state index in [-0.39, 0.29) is 11.9 Å². The Labute approximate surface area is 108 Å². The number of nitrogens with one attached hydrogen (secondary N) is 1. The van der Waals surface area contributed by atoms with Crippen LogP contribution in [0.5, 0.6) is 0 Å². The fraction of sp³-hybridized carbons (Fsp3) is 0.643. The van der Waals surface area contributed by atoms with Crippen molar-refractivity contribution in [2.24, 2.45) is 5.92 Å². The van der Waals surface area contributed by atoms with Crippen LogP contribution in [0.3, 0.4) is 0 Å². The van der Waals surface area contributed by atoms with Crippen LogP contribution in [0.25, 0.3) is 0 Å². The van der Waals surface area contributed by atoms with Gasteiger partial charge in [0.15, 0.2) is 0 Å². The first kappa shape index (κ1) is 13.4. The van der Waals surface area contributed by atoms with Crippen molar-refractivity contribution in [1.82, 2.24) is 15.2 Å². The van der Waals surface area contributed by atoms with Crippen molar-refractivity contribution in [3.05, 3.63) is 29.8 Å². The second kappa shape index (κ2) is 6.25. The highest BCUT2D eigenvalue weighted by molar-refractivity contribution is 5.08. The molecule has 0 spiro atoms. The summed E-state index contributed by atoms with van der Waals surface area (Å²) in [6, 6.07) is 3.40. The van der Waals surface area contributed by atoms with Crippen LogP contribution in [-0.4, -0.2) is 36.6 Å². The standard InChI is InChI=1S/C14H22FN3/c1-11(14-6-5-13(15)9-17-14)16-8-12-4-3-7-18(2)10-12/h5-6,9,11-12,16H,3-4,7-8,10H2,1-2H3. The summed E-state index contributed by atoms with van der Waals surface area (Å²) in [5, 5.41) is 3.50. The monoisotopic (exact) mass is 251 g/mol. The average Bonchev–Trinajstić information content (AvgIpc) is 2.37. The van der Waals surface area contributed by atoms with Gasteiger partial charge < -0.3 is 10.2 Å². The number of hydrogen-bond donors (Lipinski definition) is 1. The molecule has 2 rings (SSSR count). The van der Waals surface area contributed by atoms with Gasteiger partial charge in [0.05, 0.1) is 11.9 Å². The van der Waals surface area contributed by atoms with Crippen LogP contribution in [0.4, 0.5) is 4.39 Å². The highest BCUT2D eigenvalue weighted by Crippen LogP contribution is 2.16. The molecule has 1 saturated heterocycles. The van der Waals surface area contributed by atoms with Crippen LogP contribution in [-0.2, 0) is 0 Å². The molecular weight excluding hydrogens is 229 g/mol. The Morgan fingerprint density at radius 1 is 1.56 bits per heavy atom. The van der Waals surface area contributed by atoms with Crippen molar-refractivity contribution in [3.8, 4) is 0 Å². The molecule has 100 valence electrons. The fourth-order valence-corrected chi connectivity index (χ4v) is 2.53. The molecular formula is C14H22FN3. The molecule has 4 heteroatoms. The van der Waals surface area contributed by atoms with Gasteiger partial charge in [-0.1, -0.05) is 0 Å². The van der Waals surface area contributed by atoms with Crippen molar-refractivity contribution in [3.63, 3.8) is 0 Å². The summed E-state index contributed by atoms with van der Waals surface area (Å²) in [6.45, 7) is 5.46. The third kappa shape index (κ3) is 3.75. The van der Waals surface area contributed by atoms with Gasteiger partial charge in [-0.2, -0.15) is 0 Å². The minimum Gasteiger partial charge on any atom is -0.309 e. The SMILES string of the molecule is CC(NCC1CCCN(C)C1)c1ccc(F)cn1. The zero-order valence-corrected chi connectivity index (χ0v) is 11.2. The zero-order chi connectivity index (χ0) is 13.0. The molecule has 0 amide bonds. The molecule has 2 unspecified atom stereocenters. The number of halogens is 1. The molecule has 0 aromatic carbocycles. The third-order valence-corrected chi connectivity index (χ3v) is 3.63. The lowest BCUT2D eigenvalue weighted by Gasteiger charge is -2.30. The highest BCUT2D eigenvalue weighted by atomic mass is 19.1. The summed E-state index contributed by atoms with van der Waals surface area (Å²) >= 11 is 0. The molecule has 2 heterocycles. The summed E-state index contributed by atoms with van der Waals surface area (Å²) in [4.78, 5) is 6.49. The Balaban J connectivity index is 1.80. The van der Waals surface area contributed by atoms with Crippen molar-refractivity contribution < 1.29 is 4.39 Å². The average molecular weight is 251 g/mol. The van der Waals surface area contributed by atoms with Gasteiger partial charge in [-0.05, 0) is 58.0 Å². The van der Waals surface area contributed by atoms with E-state index in [1.807, 2.05) is 0 Å². The maximum absolute atomic E-state index is 12.8. The van der Waals surface area contributed by atoms with Crippen LogP contribution >= 0.6 is 0 Å². The van der Waals surface area contributed by atoms with Crippen LogP contribution in [0.1, 0.15) is 31.5 Å². The largest absolute Gasteiger partial charge is 0.309 e. The maximum Gasteiger partial charge on any atom is 0.141 e. The smallest absolute Gasteiger partial charge is 0.141 e. The van der Waals surface area contributed by atoms with E-state index in [1.54, 1.807) is 6.07 Å². The molecule has 0 bridgehead atoms. The maximum atomic E-state index is 12.8. The van der Waals surface area contributed by atoms with Crippen LogP contribution in [0.2, 0.25) is 0 Å². The number of pyridine rings is 1. The van der Waals surface area contributed by atoms with Crippen LogP contribution < -0.4 is 5.32 Å². The van der Waals surface area contributed by atoms with Gasteiger partial charge >= 0.3 is 0 Å². The minimum atomic E-state index is -0.278. The summed E-state index contributed by atoms with van der Waals surface area (Å²) in [6.07, 6.45) is 3.86. The number of nitrogens with zero attached hydrogens (tertiary/aromatic N) is 2. The summed E-state index contributed by atoms with van der Waals surface area (Å²) < 4.78 is 12.8. The highest BCUT2D eigenvalue weighted by Gasteiger charge is 2.18. The van der Waals surface area contributed by atoms with Gasteiger partial charge in [-0.25, -0.2) is 4.39 Å². The molecule has 18 heavy (non-hydrogen) atoms. The molecule has 0 aliphatic carbocycles. The third-order valence-electron chi connectivity index (χ3n) is 3.63. The summed E-state index contributed by atoms with van der Waals surface area (Å²) in [5.41, 5.74) is 0.903. The van der Waals surface area contributed by atoms with Gasteiger partial charge in [0, 0.05) is 12.6 Å². The van der Waals surface area contributed by atoms with Gasteiger partial charge in [0.25, 0.3) is 0 Å². The lowest BCUT2D eigenvalue weighted by molar-refractivity contribution is 0.203. The molecule has 1 aliphatic rings. The lowest BCUT2D eigenvalue weighted by atomic mass is 9.98. The van der Waals surface area contributed by atoms with E-state index in [4.69, 9.17) is 0 Å². The fourth-order valence-electron chi connectivity index (χ4n) is 2.53. The first-order valence-corrected chi connectivity index (χ1v) is 6.68. The molecule has 1 N–H and O–H groups in total. The first-order chi connectivity index (χ1) is 8.65. The predicted octanol–water partition coefficient (Wildman–Crippen LogP) is 2.21. The topological polar surface area (TPSA) is 28.2 Å². The van der Waals surface area contributed by atoms with Gasteiger partial charge in [-0.15, -0.1) is 0 Å². The second-order valence-corrected chi connectivity index (χ2v) is 5.30. The number of rotatable bonds is 4. The molecule has 1 aromatic rings. The van der Waals surface area contributed by atoms with Gasteiger partial charge in [0.1, 0.15) is 5.82 Å². The Hall–Kier alpha value is -1.00. The molecule has 1 aromatic heterocycles. The van der Waals surface area contributed by atoms with E-state index >= 15 is 0 Å². The number of hydrogen-bond acceptors (Lipinski definition) is 3.